The van der Waals surface area contributed by atoms with Crippen LogP contribution in [-0.4, -0.2) is 42.1 Å². The lowest BCUT2D eigenvalue weighted by Crippen LogP contribution is -2.46. The lowest BCUT2D eigenvalue weighted by Gasteiger charge is -2.37. The first-order chi connectivity index (χ1) is 11.1. The average molecular weight is 320 g/mol. The van der Waals surface area contributed by atoms with Gasteiger partial charge in [-0.2, -0.15) is 0 Å². The number of benzene rings is 1. The van der Waals surface area contributed by atoms with Gasteiger partial charge in [-0.15, -0.1) is 0 Å². The Bertz CT molecular complexity index is 520. The molecule has 0 radical (unpaired) electrons. The van der Waals surface area contributed by atoms with Crippen molar-refractivity contribution in [1.29, 1.82) is 0 Å². The second kappa shape index (κ2) is 7.41. The van der Waals surface area contributed by atoms with Crippen LogP contribution in [0, 0.1) is 17.7 Å². The number of carbonyl (C=O) groups excluding carboxylic acids is 1. The molecule has 2 aliphatic rings. The molecule has 1 aromatic carbocycles. The summed E-state index contributed by atoms with van der Waals surface area (Å²) in [6.07, 6.45) is 3.05. The number of rotatable bonds is 3. The van der Waals surface area contributed by atoms with E-state index in [1.165, 1.54) is 12.1 Å². The fourth-order valence-corrected chi connectivity index (χ4v) is 3.69. The van der Waals surface area contributed by atoms with E-state index in [0.717, 1.165) is 44.3 Å². The van der Waals surface area contributed by atoms with Crippen molar-refractivity contribution in [3.63, 3.8) is 0 Å². The maximum Gasteiger partial charge on any atom is 0.226 e. The van der Waals surface area contributed by atoms with Gasteiger partial charge in [0.15, 0.2) is 0 Å². The molecular weight excluding hydrogens is 295 g/mol. The lowest BCUT2D eigenvalue weighted by atomic mass is 9.86. The van der Waals surface area contributed by atoms with Gasteiger partial charge in [-0.3, -0.25) is 4.79 Å². The molecule has 23 heavy (non-hydrogen) atoms. The SMILES string of the molecule is O=C([C@@H]1CCCNC1)N1CCC([C@H](O)c2ccc(F)cc2)CC1. The number of amides is 1. The topological polar surface area (TPSA) is 52.6 Å². The molecule has 2 saturated heterocycles. The Morgan fingerprint density at radius 2 is 1.91 bits per heavy atom. The first kappa shape index (κ1) is 16.4. The predicted molar refractivity (Wildman–Crippen MR) is 86.3 cm³/mol. The summed E-state index contributed by atoms with van der Waals surface area (Å²) >= 11 is 0. The minimum atomic E-state index is -0.579. The second-order valence-electron chi connectivity index (χ2n) is 6.70. The van der Waals surface area contributed by atoms with Gasteiger partial charge >= 0.3 is 0 Å². The van der Waals surface area contributed by atoms with E-state index in [0.29, 0.717) is 13.1 Å². The minimum Gasteiger partial charge on any atom is -0.388 e. The summed E-state index contributed by atoms with van der Waals surface area (Å²) in [4.78, 5) is 14.5. The number of hydrogen-bond donors (Lipinski definition) is 2. The van der Waals surface area contributed by atoms with E-state index in [9.17, 15) is 14.3 Å². The fraction of sp³-hybridized carbons (Fsp3) is 0.611. The molecule has 2 atom stereocenters. The van der Waals surface area contributed by atoms with Crippen LogP contribution in [0.25, 0.3) is 0 Å². The van der Waals surface area contributed by atoms with Crippen molar-refractivity contribution in [2.45, 2.75) is 31.8 Å². The van der Waals surface area contributed by atoms with Crippen LogP contribution in [0.4, 0.5) is 4.39 Å². The molecule has 3 rings (SSSR count). The van der Waals surface area contributed by atoms with Crippen LogP contribution in [0.2, 0.25) is 0 Å². The molecule has 2 N–H and O–H groups in total. The zero-order valence-corrected chi connectivity index (χ0v) is 13.4. The second-order valence-corrected chi connectivity index (χ2v) is 6.70. The molecule has 5 heteroatoms. The van der Waals surface area contributed by atoms with Crippen LogP contribution in [0.3, 0.4) is 0 Å². The van der Waals surface area contributed by atoms with Gasteiger partial charge < -0.3 is 15.3 Å². The van der Waals surface area contributed by atoms with Crippen LogP contribution in [0.5, 0.6) is 0 Å². The van der Waals surface area contributed by atoms with Crippen molar-refractivity contribution in [3.05, 3.63) is 35.6 Å². The number of carbonyl (C=O) groups is 1. The number of aliphatic hydroxyl groups excluding tert-OH is 1. The van der Waals surface area contributed by atoms with E-state index in [1.807, 2.05) is 4.90 Å². The quantitative estimate of drug-likeness (QED) is 0.897. The number of aliphatic hydroxyl groups is 1. The van der Waals surface area contributed by atoms with Gasteiger partial charge in [-0.25, -0.2) is 4.39 Å². The van der Waals surface area contributed by atoms with Crippen LogP contribution < -0.4 is 5.32 Å². The van der Waals surface area contributed by atoms with E-state index in [1.54, 1.807) is 12.1 Å². The highest BCUT2D eigenvalue weighted by Crippen LogP contribution is 2.31. The molecule has 0 spiro atoms. The normalized spacial score (nSPS) is 24.4. The summed E-state index contributed by atoms with van der Waals surface area (Å²) in [6, 6.07) is 6.05. The molecule has 0 unspecified atom stereocenters. The smallest absolute Gasteiger partial charge is 0.226 e. The van der Waals surface area contributed by atoms with Crippen molar-refractivity contribution in [2.75, 3.05) is 26.2 Å². The highest BCUT2D eigenvalue weighted by atomic mass is 19.1. The zero-order chi connectivity index (χ0) is 16.2. The maximum absolute atomic E-state index is 13.0. The molecule has 0 aliphatic carbocycles. The first-order valence-electron chi connectivity index (χ1n) is 8.58. The molecule has 0 aromatic heterocycles. The predicted octanol–water partition coefficient (Wildman–Crippen LogP) is 2.10. The fourth-order valence-electron chi connectivity index (χ4n) is 3.69. The molecule has 2 aliphatic heterocycles. The average Bonchev–Trinajstić information content (AvgIpc) is 2.62. The van der Waals surface area contributed by atoms with Crippen LogP contribution in [0.15, 0.2) is 24.3 Å². The molecule has 2 heterocycles. The lowest BCUT2D eigenvalue weighted by molar-refractivity contribution is -0.138. The molecule has 0 saturated carbocycles. The van der Waals surface area contributed by atoms with Gasteiger partial charge in [-0.1, -0.05) is 12.1 Å². The summed E-state index contributed by atoms with van der Waals surface area (Å²) in [5, 5.41) is 13.8. The Labute approximate surface area is 136 Å². The highest BCUT2D eigenvalue weighted by Gasteiger charge is 2.31. The monoisotopic (exact) mass is 320 g/mol. The molecule has 1 aromatic rings. The summed E-state index contributed by atoms with van der Waals surface area (Å²) < 4.78 is 13.0. The Morgan fingerprint density at radius 3 is 2.52 bits per heavy atom. The third-order valence-electron chi connectivity index (χ3n) is 5.16. The van der Waals surface area contributed by atoms with Gasteiger partial charge in [0.05, 0.1) is 12.0 Å². The van der Waals surface area contributed by atoms with E-state index in [4.69, 9.17) is 0 Å². The molecule has 1 amide bonds. The van der Waals surface area contributed by atoms with Crippen molar-refractivity contribution in [3.8, 4) is 0 Å². The standard InChI is InChI=1S/C18H25FN2O2/c19-16-5-3-13(4-6-16)17(22)14-7-10-21(11-8-14)18(23)15-2-1-9-20-12-15/h3-6,14-15,17,20,22H,1-2,7-12H2/t15-,17-/m1/s1. The van der Waals surface area contributed by atoms with Crippen molar-refractivity contribution in [2.24, 2.45) is 11.8 Å². The van der Waals surface area contributed by atoms with E-state index in [2.05, 4.69) is 5.32 Å². The van der Waals surface area contributed by atoms with Crippen molar-refractivity contribution in [1.82, 2.24) is 10.2 Å². The van der Waals surface area contributed by atoms with Gasteiger partial charge in [0.25, 0.3) is 0 Å². The van der Waals surface area contributed by atoms with Gasteiger partial charge in [0.1, 0.15) is 5.82 Å². The number of piperidine rings is 2. The summed E-state index contributed by atoms with van der Waals surface area (Å²) in [5.41, 5.74) is 0.757. The Hall–Kier alpha value is -1.46. The first-order valence-corrected chi connectivity index (χ1v) is 8.58. The molecular formula is C18H25FN2O2. The Kier molecular flexibility index (Phi) is 5.28. The van der Waals surface area contributed by atoms with Gasteiger partial charge in [0, 0.05) is 19.6 Å². The number of nitrogens with one attached hydrogen (secondary N) is 1. The molecule has 2 fully saturated rings. The van der Waals surface area contributed by atoms with E-state index >= 15 is 0 Å². The third-order valence-corrected chi connectivity index (χ3v) is 5.16. The number of hydrogen-bond acceptors (Lipinski definition) is 3. The number of halogens is 1. The largest absolute Gasteiger partial charge is 0.388 e. The molecule has 4 nitrogen and oxygen atoms in total. The van der Waals surface area contributed by atoms with Gasteiger partial charge in [0.2, 0.25) is 5.91 Å². The van der Waals surface area contributed by atoms with Crippen molar-refractivity contribution >= 4 is 5.91 Å². The summed E-state index contributed by atoms with van der Waals surface area (Å²) in [5.74, 6) is 0.214. The highest BCUT2D eigenvalue weighted by molar-refractivity contribution is 5.79. The molecule has 126 valence electrons. The van der Waals surface area contributed by atoms with Crippen LogP contribution in [-0.2, 0) is 4.79 Å². The Morgan fingerprint density at radius 1 is 1.22 bits per heavy atom. The minimum absolute atomic E-state index is 0.113. The zero-order valence-electron chi connectivity index (χ0n) is 13.4. The van der Waals surface area contributed by atoms with E-state index in [-0.39, 0.29) is 23.6 Å². The number of nitrogens with zero attached hydrogens (tertiary/aromatic N) is 1. The third kappa shape index (κ3) is 3.90. The van der Waals surface area contributed by atoms with Crippen molar-refractivity contribution < 1.29 is 14.3 Å². The summed E-state index contributed by atoms with van der Waals surface area (Å²) in [7, 11) is 0. The number of likely N-dealkylation sites (tertiary alicyclic amines) is 1. The maximum atomic E-state index is 13.0. The van der Waals surface area contributed by atoms with E-state index < -0.39 is 6.10 Å². The van der Waals surface area contributed by atoms with Crippen LogP contribution >= 0.6 is 0 Å². The van der Waals surface area contributed by atoms with Crippen LogP contribution in [0.1, 0.15) is 37.4 Å². The summed E-state index contributed by atoms with van der Waals surface area (Å²) in [6.45, 7) is 3.21. The Balaban J connectivity index is 1.53. The molecule has 0 bridgehead atoms. The van der Waals surface area contributed by atoms with Gasteiger partial charge in [-0.05, 0) is 55.8 Å².